The van der Waals surface area contributed by atoms with Crippen molar-refractivity contribution in [2.45, 2.75) is 6.61 Å². The maximum Gasteiger partial charge on any atom is 0.254 e. The van der Waals surface area contributed by atoms with Crippen LogP contribution in [-0.2, 0) is 6.61 Å². The lowest BCUT2D eigenvalue weighted by Crippen LogP contribution is -1.96. The fourth-order valence-electron chi connectivity index (χ4n) is 1.89. The third-order valence-electron chi connectivity index (χ3n) is 2.97. The highest BCUT2D eigenvalue weighted by molar-refractivity contribution is 9.10. The van der Waals surface area contributed by atoms with Gasteiger partial charge < -0.3 is 13.9 Å². The molecule has 3 rings (SSSR count). The van der Waals surface area contributed by atoms with Gasteiger partial charge in [-0.1, -0.05) is 18.2 Å². The first-order chi connectivity index (χ1) is 10.8. The Morgan fingerprint density at radius 1 is 1.09 bits per heavy atom. The third-order valence-corrected chi connectivity index (χ3v) is 3.63. The SMILES string of the molecule is COc1cccc(-c2nnc(COc3ccccc3Br)o2)c1. The van der Waals surface area contributed by atoms with E-state index < -0.39 is 0 Å². The molecule has 0 radical (unpaired) electrons. The fraction of sp³-hybridized carbons (Fsp3) is 0.125. The van der Waals surface area contributed by atoms with Gasteiger partial charge in [-0.3, -0.25) is 0 Å². The maximum absolute atomic E-state index is 5.65. The molecule has 0 fully saturated rings. The summed E-state index contributed by atoms with van der Waals surface area (Å²) in [6, 6.07) is 15.0. The van der Waals surface area contributed by atoms with Crippen molar-refractivity contribution in [3.05, 3.63) is 58.9 Å². The van der Waals surface area contributed by atoms with E-state index in [1.165, 1.54) is 0 Å². The van der Waals surface area contributed by atoms with Crippen molar-refractivity contribution in [2.24, 2.45) is 0 Å². The van der Waals surface area contributed by atoms with Gasteiger partial charge >= 0.3 is 0 Å². The lowest BCUT2D eigenvalue weighted by atomic mass is 10.2. The average molecular weight is 361 g/mol. The van der Waals surface area contributed by atoms with Crippen LogP contribution >= 0.6 is 15.9 Å². The topological polar surface area (TPSA) is 57.4 Å². The first kappa shape index (κ1) is 14.6. The summed E-state index contributed by atoms with van der Waals surface area (Å²) in [7, 11) is 1.61. The van der Waals surface area contributed by atoms with Gasteiger partial charge in [-0.2, -0.15) is 0 Å². The predicted molar refractivity (Wildman–Crippen MR) is 84.8 cm³/mol. The summed E-state index contributed by atoms with van der Waals surface area (Å²) in [6.45, 7) is 0.208. The van der Waals surface area contributed by atoms with Crippen LogP contribution in [0.2, 0.25) is 0 Å². The lowest BCUT2D eigenvalue weighted by molar-refractivity contribution is 0.263. The fourth-order valence-corrected chi connectivity index (χ4v) is 2.29. The molecule has 0 aliphatic rings. The highest BCUT2D eigenvalue weighted by atomic mass is 79.9. The molecule has 0 N–H and O–H groups in total. The van der Waals surface area contributed by atoms with E-state index in [1.54, 1.807) is 7.11 Å². The molecule has 22 heavy (non-hydrogen) atoms. The molecule has 0 saturated carbocycles. The van der Waals surface area contributed by atoms with Crippen LogP contribution in [0, 0.1) is 0 Å². The zero-order valence-corrected chi connectivity index (χ0v) is 13.4. The molecular formula is C16H13BrN2O3. The van der Waals surface area contributed by atoms with Gasteiger partial charge in [0.2, 0.25) is 5.89 Å². The summed E-state index contributed by atoms with van der Waals surface area (Å²) >= 11 is 3.42. The number of rotatable bonds is 5. The zero-order chi connectivity index (χ0) is 15.4. The summed E-state index contributed by atoms with van der Waals surface area (Å²) in [4.78, 5) is 0. The molecule has 1 aromatic heterocycles. The van der Waals surface area contributed by atoms with Crippen LogP contribution in [0.25, 0.3) is 11.5 Å². The average Bonchev–Trinajstić information content (AvgIpc) is 3.03. The smallest absolute Gasteiger partial charge is 0.254 e. The Kier molecular flexibility index (Phi) is 4.39. The summed E-state index contributed by atoms with van der Waals surface area (Å²) in [6.07, 6.45) is 0. The molecule has 0 saturated heterocycles. The molecule has 0 bridgehead atoms. The summed E-state index contributed by atoms with van der Waals surface area (Å²) < 4.78 is 17.3. The monoisotopic (exact) mass is 360 g/mol. The van der Waals surface area contributed by atoms with E-state index in [1.807, 2.05) is 48.5 Å². The van der Waals surface area contributed by atoms with E-state index in [9.17, 15) is 0 Å². The Balaban J connectivity index is 1.72. The number of halogens is 1. The van der Waals surface area contributed by atoms with Gasteiger partial charge in [-0.25, -0.2) is 0 Å². The van der Waals surface area contributed by atoms with Crippen molar-refractivity contribution in [3.8, 4) is 23.0 Å². The molecule has 0 amide bonds. The molecule has 2 aromatic carbocycles. The molecule has 112 valence electrons. The molecule has 5 nitrogen and oxygen atoms in total. The van der Waals surface area contributed by atoms with Gasteiger partial charge in [0, 0.05) is 5.56 Å². The van der Waals surface area contributed by atoms with E-state index in [0.717, 1.165) is 21.5 Å². The van der Waals surface area contributed by atoms with Crippen molar-refractivity contribution < 1.29 is 13.9 Å². The number of para-hydroxylation sites is 1. The first-order valence-corrected chi connectivity index (χ1v) is 7.39. The quantitative estimate of drug-likeness (QED) is 0.685. The van der Waals surface area contributed by atoms with E-state index >= 15 is 0 Å². The van der Waals surface area contributed by atoms with Gasteiger partial charge in [-0.15, -0.1) is 10.2 Å². The number of benzene rings is 2. The number of methoxy groups -OCH3 is 1. The molecule has 0 atom stereocenters. The number of hydrogen-bond acceptors (Lipinski definition) is 5. The minimum absolute atomic E-state index is 0.208. The van der Waals surface area contributed by atoms with Gasteiger partial charge in [0.15, 0.2) is 6.61 Å². The van der Waals surface area contributed by atoms with Crippen molar-refractivity contribution in [1.29, 1.82) is 0 Å². The second-order valence-electron chi connectivity index (χ2n) is 4.45. The third kappa shape index (κ3) is 3.28. The summed E-state index contributed by atoms with van der Waals surface area (Å²) in [5.74, 6) is 2.31. The Hall–Kier alpha value is -2.34. The standard InChI is InChI=1S/C16H13BrN2O3/c1-20-12-6-4-5-11(9-12)16-19-18-15(22-16)10-21-14-8-3-2-7-13(14)17/h2-9H,10H2,1H3. The van der Waals surface area contributed by atoms with Crippen LogP contribution in [-0.4, -0.2) is 17.3 Å². The van der Waals surface area contributed by atoms with Crippen molar-refractivity contribution >= 4 is 15.9 Å². The Morgan fingerprint density at radius 2 is 1.95 bits per heavy atom. The van der Waals surface area contributed by atoms with Gasteiger partial charge in [0.25, 0.3) is 5.89 Å². The molecule has 0 aliphatic carbocycles. The van der Waals surface area contributed by atoms with Crippen LogP contribution in [0.1, 0.15) is 5.89 Å². The van der Waals surface area contributed by atoms with Crippen molar-refractivity contribution in [2.75, 3.05) is 7.11 Å². The van der Waals surface area contributed by atoms with Crippen LogP contribution in [0.4, 0.5) is 0 Å². The first-order valence-electron chi connectivity index (χ1n) is 6.60. The minimum atomic E-state index is 0.208. The van der Waals surface area contributed by atoms with Crippen LogP contribution in [0.15, 0.2) is 57.4 Å². The Morgan fingerprint density at radius 3 is 2.77 bits per heavy atom. The number of aromatic nitrogens is 2. The number of hydrogen-bond donors (Lipinski definition) is 0. The number of ether oxygens (including phenoxy) is 2. The van der Waals surface area contributed by atoms with Gasteiger partial charge in [0.05, 0.1) is 11.6 Å². The largest absolute Gasteiger partial charge is 0.497 e. The van der Waals surface area contributed by atoms with E-state index in [2.05, 4.69) is 26.1 Å². The summed E-state index contributed by atoms with van der Waals surface area (Å²) in [5, 5.41) is 8.03. The molecule has 0 unspecified atom stereocenters. The zero-order valence-electron chi connectivity index (χ0n) is 11.8. The Bertz CT molecular complexity index is 773. The van der Waals surface area contributed by atoms with Crippen LogP contribution in [0.3, 0.4) is 0 Å². The van der Waals surface area contributed by atoms with Crippen molar-refractivity contribution in [3.63, 3.8) is 0 Å². The van der Waals surface area contributed by atoms with Crippen LogP contribution in [0.5, 0.6) is 11.5 Å². The van der Waals surface area contributed by atoms with E-state index in [-0.39, 0.29) is 6.61 Å². The molecule has 0 spiro atoms. The van der Waals surface area contributed by atoms with Crippen LogP contribution < -0.4 is 9.47 Å². The molecule has 1 heterocycles. The molecule has 0 aliphatic heterocycles. The van der Waals surface area contributed by atoms with E-state index in [4.69, 9.17) is 13.9 Å². The summed E-state index contributed by atoms with van der Waals surface area (Å²) in [5.41, 5.74) is 0.805. The van der Waals surface area contributed by atoms with Gasteiger partial charge in [-0.05, 0) is 46.3 Å². The van der Waals surface area contributed by atoms with Crippen molar-refractivity contribution in [1.82, 2.24) is 10.2 Å². The second kappa shape index (κ2) is 6.62. The highest BCUT2D eigenvalue weighted by Crippen LogP contribution is 2.26. The molecular weight excluding hydrogens is 348 g/mol. The predicted octanol–water partition coefficient (Wildman–Crippen LogP) is 4.09. The lowest BCUT2D eigenvalue weighted by Gasteiger charge is -2.04. The maximum atomic E-state index is 5.65. The molecule has 6 heteroatoms. The Labute approximate surface area is 136 Å². The normalized spacial score (nSPS) is 10.5. The van der Waals surface area contributed by atoms with E-state index in [0.29, 0.717) is 11.8 Å². The van der Waals surface area contributed by atoms with Gasteiger partial charge in [0.1, 0.15) is 11.5 Å². The second-order valence-corrected chi connectivity index (χ2v) is 5.31. The number of nitrogens with zero attached hydrogens (tertiary/aromatic N) is 2. The highest BCUT2D eigenvalue weighted by Gasteiger charge is 2.10. The minimum Gasteiger partial charge on any atom is -0.497 e. The molecule has 3 aromatic rings.